The maximum absolute atomic E-state index is 12.4. The fourth-order valence-electron chi connectivity index (χ4n) is 3.28. The molecule has 2 aromatic rings. The minimum atomic E-state index is 0.0931. The molecule has 6 nitrogen and oxygen atoms in total. The normalized spacial score (nSPS) is 16.1. The second-order valence-electron chi connectivity index (χ2n) is 8.32. The summed E-state index contributed by atoms with van der Waals surface area (Å²) in [6.07, 6.45) is 1.71. The molecule has 1 N–H and O–H groups in total. The van der Waals surface area contributed by atoms with Gasteiger partial charge >= 0.3 is 0 Å². The average Bonchev–Trinajstić information content (AvgIpc) is 3.13. The minimum Gasteiger partial charge on any atom is -0.355 e. The molecule has 2 heterocycles. The molecule has 1 aliphatic heterocycles. The van der Waals surface area contributed by atoms with Crippen molar-refractivity contribution >= 4 is 29.3 Å². The van der Waals surface area contributed by atoms with Crippen LogP contribution in [-0.4, -0.2) is 51.1 Å². The van der Waals surface area contributed by atoms with Crippen LogP contribution in [0.25, 0.3) is 11.4 Å². The number of nitrogens with one attached hydrogen (secondary N) is 1. The quantitative estimate of drug-likeness (QED) is 0.654. The summed E-state index contributed by atoms with van der Waals surface area (Å²) in [7, 11) is 0. The number of thioether (sulfide) groups is 1. The van der Waals surface area contributed by atoms with Gasteiger partial charge in [0, 0.05) is 33.5 Å². The van der Waals surface area contributed by atoms with Crippen LogP contribution in [0.4, 0.5) is 0 Å². The van der Waals surface area contributed by atoms with E-state index < -0.39 is 0 Å². The summed E-state index contributed by atoms with van der Waals surface area (Å²) in [5.41, 5.74) is 0.840. The smallest absolute Gasteiger partial charge is 0.241 e. The number of carbonyl (C=O) groups is 1. The Labute approximate surface area is 181 Å². The van der Waals surface area contributed by atoms with E-state index in [1.54, 1.807) is 0 Å². The molecule has 1 aromatic heterocycles. The average molecular weight is 437 g/mol. The number of hydrogen-bond acceptors (Lipinski definition) is 6. The van der Waals surface area contributed by atoms with Crippen LogP contribution in [0.5, 0.6) is 0 Å². The zero-order chi connectivity index (χ0) is 20.9. The summed E-state index contributed by atoms with van der Waals surface area (Å²) < 4.78 is 5.63. The largest absolute Gasteiger partial charge is 0.355 e. The molecule has 0 aliphatic carbocycles. The van der Waals surface area contributed by atoms with E-state index in [4.69, 9.17) is 16.1 Å². The third-order valence-electron chi connectivity index (χ3n) is 4.80. The van der Waals surface area contributed by atoms with E-state index >= 15 is 0 Å². The van der Waals surface area contributed by atoms with Crippen molar-refractivity contribution < 1.29 is 9.32 Å². The molecule has 0 unspecified atom stereocenters. The summed E-state index contributed by atoms with van der Waals surface area (Å²) in [5.74, 6) is 2.35. The lowest BCUT2D eigenvalue weighted by atomic mass is 9.96. The third kappa shape index (κ3) is 7.01. The highest BCUT2D eigenvalue weighted by Crippen LogP contribution is 2.23. The number of piperidine rings is 1. The van der Waals surface area contributed by atoms with Crippen molar-refractivity contribution in [2.45, 2.75) is 44.9 Å². The Morgan fingerprint density at radius 2 is 2.10 bits per heavy atom. The molecule has 0 bridgehead atoms. The van der Waals surface area contributed by atoms with Gasteiger partial charge in [0.15, 0.2) is 0 Å². The van der Waals surface area contributed by atoms with Crippen LogP contribution in [0, 0.1) is 5.92 Å². The molecule has 0 atom stereocenters. The molecule has 1 fully saturated rings. The topological polar surface area (TPSA) is 71.3 Å². The number of rotatable bonds is 7. The highest BCUT2D eigenvalue weighted by molar-refractivity contribution is 8.00. The van der Waals surface area contributed by atoms with Gasteiger partial charge in [-0.1, -0.05) is 49.7 Å². The maximum atomic E-state index is 12.4. The monoisotopic (exact) mass is 436 g/mol. The number of amides is 1. The second kappa shape index (κ2) is 9.96. The second-order valence-corrected chi connectivity index (χ2v) is 10.7. The van der Waals surface area contributed by atoms with E-state index in [-0.39, 0.29) is 16.6 Å². The SMILES string of the molecule is CC(C)(C)SCCNC(=O)C1CCN(Cc2nc(-c3cccc(Cl)c3)no2)CC1. The number of hydrogen-bond donors (Lipinski definition) is 1. The predicted octanol–water partition coefficient (Wildman–Crippen LogP) is 4.25. The van der Waals surface area contributed by atoms with Gasteiger partial charge in [-0.3, -0.25) is 9.69 Å². The van der Waals surface area contributed by atoms with E-state index in [9.17, 15) is 4.79 Å². The number of carbonyl (C=O) groups excluding carboxylic acids is 1. The molecular weight excluding hydrogens is 408 g/mol. The van der Waals surface area contributed by atoms with Crippen molar-refractivity contribution in [1.82, 2.24) is 20.4 Å². The van der Waals surface area contributed by atoms with Crippen LogP contribution in [0.3, 0.4) is 0 Å². The first-order valence-electron chi connectivity index (χ1n) is 10.0. The summed E-state index contributed by atoms with van der Waals surface area (Å²) >= 11 is 7.90. The Morgan fingerprint density at radius 1 is 1.34 bits per heavy atom. The van der Waals surface area contributed by atoms with Gasteiger partial charge in [0.25, 0.3) is 0 Å². The molecule has 158 valence electrons. The van der Waals surface area contributed by atoms with Crippen molar-refractivity contribution in [3.63, 3.8) is 0 Å². The molecular formula is C21H29ClN4O2S. The molecule has 8 heteroatoms. The Kier molecular flexibility index (Phi) is 7.60. The molecule has 0 radical (unpaired) electrons. The van der Waals surface area contributed by atoms with E-state index in [1.165, 1.54) is 0 Å². The fraction of sp³-hybridized carbons (Fsp3) is 0.571. The van der Waals surface area contributed by atoms with Gasteiger partial charge in [-0.2, -0.15) is 16.7 Å². The lowest BCUT2D eigenvalue weighted by Gasteiger charge is -2.30. The predicted molar refractivity (Wildman–Crippen MR) is 118 cm³/mol. The van der Waals surface area contributed by atoms with E-state index in [0.29, 0.717) is 23.3 Å². The first-order chi connectivity index (χ1) is 13.8. The Hall–Kier alpha value is -1.57. The van der Waals surface area contributed by atoms with Crippen LogP contribution in [0.2, 0.25) is 5.02 Å². The summed E-state index contributed by atoms with van der Waals surface area (Å²) in [6.45, 7) is 9.61. The molecule has 1 saturated heterocycles. The van der Waals surface area contributed by atoms with Crippen LogP contribution >= 0.6 is 23.4 Å². The Morgan fingerprint density at radius 3 is 2.79 bits per heavy atom. The van der Waals surface area contributed by atoms with Gasteiger partial charge in [-0.15, -0.1) is 0 Å². The van der Waals surface area contributed by atoms with Crippen LogP contribution in [0.15, 0.2) is 28.8 Å². The molecule has 3 rings (SSSR count). The zero-order valence-electron chi connectivity index (χ0n) is 17.3. The Bertz CT molecular complexity index is 813. The van der Waals surface area contributed by atoms with E-state index in [0.717, 1.165) is 43.8 Å². The van der Waals surface area contributed by atoms with Gasteiger partial charge in [0.1, 0.15) is 0 Å². The number of halogens is 1. The van der Waals surface area contributed by atoms with E-state index in [1.807, 2.05) is 36.0 Å². The standard InChI is InChI=1S/C21H29ClN4O2S/c1-21(2,3)29-12-9-23-20(27)15-7-10-26(11-8-15)14-18-24-19(25-28-18)16-5-4-6-17(22)13-16/h4-6,13,15H,7-12,14H2,1-3H3,(H,23,27). The van der Waals surface area contributed by atoms with Crippen LogP contribution in [0.1, 0.15) is 39.5 Å². The van der Waals surface area contributed by atoms with Crippen LogP contribution in [-0.2, 0) is 11.3 Å². The molecule has 29 heavy (non-hydrogen) atoms. The van der Waals surface area contributed by atoms with Crippen molar-refractivity contribution in [3.05, 3.63) is 35.2 Å². The highest BCUT2D eigenvalue weighted by Gasteiger charge is 2.26. The lowest BCUT2D eigenvalue weighted by molar-refractivity contribution is -0.126. The first kappa shape index (κ1) is 22.1. The van der Waals surface area contributed by atoms with Gasteiger partial charge in [0.2, 0.25) is 17.6 Å². The van der Waals surface area contributed by atoms with Gasteiger partial charge in [-0.25, -0.2) is 0 Å². The third-order valence-corrected chi connectivity index (χ3v) is 6.31. The number of benzene rings is 1. The zero-order valence-corrected chi connectivity index (χ0v) is 18.9. The van der Waals surface area contributed by atoms with Crippen molar-refractivity contribution in [1.29, 1.82) is 0 Å². The number of aromatic nitrogens is 2. The maximum Gasteiger partial charge on any atom is 0.241 e. The van der Waals surface area contributed by atoms with Crippen LogP contribution < -0.4 is 5.32 Å². The first-order valence-corrected chi connectivity index (χ1v) is 11.4. The van der Waals surface area contributed by atoms with Crippen molar-refractivity contribution in [2.24, 2.45) is 5.92 Å². The van der Waals surface area contributed by atoms with Gasteiger partial charge < -0.3 is 9.84 Å². The summed E-state index contributed by atoms with van der Waals surface area (Å²) in [4.78, 5) is 19.1. The van der Waals surface area contributed by atoms with Crippen molar-refractivity contribution in [3.8, 4) is 11.4 Å². The highest BCUT2D eigenvalue weighted by atomic mass is 35.5. The summed E-state index contributed by atoms with van der Waals surface area (Å²) in [6, 6.07) is 7.41. The number of likely N-dealkylation sites (tertiary alicyclic amines) is 1. The van der Waals surface area contributed by atoms with E-state index in [2.05, 4.69) is 41.1 Å². The Balaban J connectivity index is 1.41. The van der Waals surface area contributed by atoms with Gasteiger partial charge in [0.05, 0.1) is 6.54 Å². The summed E-state index contributed by atoms with van der Waals surface area (Å²) in [5, 5.41) is 7.79. The fourth-order valence-corrected chi connectivity index (χ4v) is 4.29. The molecule has 1 aliphatic rings. The number of nitrogens with zero attached hydrogens (tertiary/aromatic N) is 3. The molecule has 0 spiro atoms. The molecule has 1 aromatic carbocycles. The van der Waals surface area contributed by atoms with Gasteiger partial charge in [-0.05, 0) is 38.1 Å². The molecule has 1 amide bonds. The lowest BCUT2D eigenvalue weighted by Crippen LogP contribution is -2.40. The minimum absolute atomic E-state index is 0.0931. The molecule has 0 saturated carbocycles. The van der Waals surface area contributed by atoms with Crippen molar-refractivity contribution in [2.75, 3.05) is 25.4 Å².